The summed E-state index contributed by atoms with van der Waals surface area (Å²) in [4.78, 5) is 12.0. The Labute approximate surface area is 158 Å². The minimum atomic E-state index is -0.00549. The van der Waals surface area contributed by atoms with Crippen LogP contribution in [0.25, 0.3) is 0 Å². The van der Waals surface area contributed by atoms with Gasteiger partial charge in [-0.15, -0.1) is 0 Å². The number of amidine groups is 1. The average molecular weight is 369 g/mol. The van der Waals surface area contributed by atoms with Crippen molar-refractivity contribution in [3.05, 3.63) is 53.9 Å². The van der Waals surface area contributed by atoms with Gasteiger partial charge in [-0.3, -0.25) is 9.98 Å². The number of thioether (sulfide) groups is 1. The van der Waals surface area contributed by atoms with Crippen LogP contribution in [0.3, 0.4) is 0 Å². The molecule has 1 aromatic heterocycles. The van der Waals surface area contributed by atoms with Crippen molar-refractivity contribution in [1.82, 2.24) is 9.88 Å². The molecule has 4 rings (SSSR count). The smallest absolute Gasteiger partial charge is 0.161 e. The Bertz CT molecular complexity index is 812. The number of hydrogen-bond donors (Lipinski definition) is 0. The van der Waals surface area contributed by atoms with Crippen molar-refractivity contribution in [3.63, 3.8) is 0 Å². The van der Waals surface area contributed by atoms with E-state index in [1.54, 1.807) is 7.11 Å². The van der Waals surface area contributed by atoms with Gasteiger partial charge in [-0.25, -0.2) is 0 Å². The molecule has 136 valence electrons. The summed E-state index contributed by atoms with van der Waals surface area (Å²) in [5.41, 5.74) is 2.18. The van der Waals surface area contributed by atoms with E-state index in [1.807, 2.05) is 43.1 Å². The zero-order chi connectivity index (χ0) is 18.1. The van der Waals surface area contributed by atoms with E-state index in [1.165, 1.54) is 5.56 Å². The van der Waals surface area contributed by atoms with Crippen LogP contribution >= 0.6 is 11.8 Å². The van der Waals surface area contributed by atoms with Crippen LogP contribution in [-0.4, -0.2) is 40.6 Å². The molecule has 0 unspecified atom stereocenters. The summed E-state index contributed by atoms with van der Waals surface area (Å²) < 4.78 is 11.2. The van der Waals surface area contributed by atoms with E-state index in [2.05, 4.69) is 35.0 Å². The van der Waals surface area contributed by atoms with Crippen LogP contribution in [0, 0.1) is 0 Å². The van der Waals surface area contributed by atoms with Gasteiger partial charge in [0.05, 0.1) is 25.5 Å². The molecule has 0 amide bonds. The highest BCUT2D eigenvalue weighted by atomic mass is 32.2. The minimum Gasteiger partial charge on any atom is -0.493 e. The SMILES string of the molecule is CCOc1cc([C@@H]2[C@H](c3ccccn3)N=C3S[C@H](C)CN32)ccc1OC. The molecule has 0 spiro atoms. The molecule has 26 heavy (non-hydrogen) atoms. The molecule has 3 heterocycles. The molecule has 1 fully saturated rings. The van der Waals surface area contributed by atoms with Gasteiger partial charge in [0, 0.05) is 18.0 Å². The van der Waals surface area contributed by atoms with E-state index in [0.717, 1.165) is 28.9 Å². The number of hydrogen-bond acceptors (Lipinski definition) is 6. The Hall–Kier alpha value is -2.21. The third kappa shape index (κ3) is 3.03. The van der Waals surface area contributed by atoms with E-state index < -0.39 is 0 Å². The highest BCUT2D eigenvalue weighted by Gasteiger charge is 2.43. The molecule has 2 aliphatic rings. The number of ether oxygens (including phenoxy) is 2. The second-order valence-corrected chi connectivity index (χ2v) is 7.89. The van der Waals surface area contributed by atoms with Gasteiger partial charge in [0.2, 0.25) is 0 Å². The number of pyridine rings is 1. The van der Waals surface area contributed by atoms with Gasteiger partial charge in [-0.2, -0.15) is 0 Å². The third-order valence-corrected chi connectivity index (χ3v) is 5.81. The number of nitrogens with zero attached hydrogens (tertiary/aromatic N) is 3. The number of benzene rings is 1. The van der Waals surface area contributed by atoms with E-state index in [4.69, 9.17) is 14.5 Å². The summed E-state index contributed by atoms with van der Waals surface area (Å²) >= 11 is 1.85. The van der Waals surface area contributed by atoms with Gasteiger partial charge in [0.15, 0.2) is 16.7 Å². The van der Waals surface area contributed by atoms with Crippen molar-refractivity contribution in [2.45, 2.75) is 31.2 Å². The van der Waals surface area contributed by atoms with Crippen molar-refractivity contribution in [3.8, 4) is 11.5 Å². The predicted molar refractivity (Wildman–Crippen MR) is 105 cm³/mol. The third-order valence-electron chi connectivity index (χ3n) is 4.71. The van der Waals surface area contributed by atoms with Crippen molar-refractivity contribution >= 4 is 16.9 Å². The molecule has 1 saturated heterocycles. The molecule has 6 heteroatoms. The standard InChI is InChI=1S/C20H23N3O2S/c1-4-25-17-11-14(8-9-16(17)24-3)19-18(15-7-5-6-10-21-15)22-20-23(19)12-13(2)26-20/h5-11,13,18-19H,4,12H2,1-3H3/t13-,18+,19-/m1/s1. The topological polar surface area (TPSA) is 47.0 Å². The van der Waals surface area contributed by atoms with Gasteiger partial charge in [-0.05, 0) is 36.8 Å². The Morgan fingerprint density at radius 2 is 2.12 bits per heavy atom. The lowest BCUT2D eigenvalue weighted by atomic mass is 9.96. The van der Waals surface area contributed by atoms with Crippen LogP contribution < -0.4 is 9.47 Å². The second kappa shape index (κ2) is 7.19. The van der Waals surface area contributed by atoms with Crippen LogP contribution in [-0.2, 0) is 0 Å². The van der Waals surface area contributed by atoms with Gasteiger partial charge < -0.3 is 14.4 Å². The Morgan fingerprint density at radius 1 is 1.23 bits per heavy atom. The number of aromatic nitrogens is 1. The average Bonchev–Trinajstić information content (AvgIpc) is 3.18. The van der Waals surface area contributed by atoms with Crippen LogP contribution in [0.4, 0.5) is 0 Å². The van der Waals surface area contributed by atoms with Crippen molar-refractivity contribution in [1.29, 1.82) is 0 Å². The van der Waals surface area contributed by atoms with Gasteiger partial charge >= 0.3 is 0 Å². The summed E-state index contributed by atoms with van der Waals surface area (Å²) in [6.45, 7) is 5.83. The number of methoxy groups -OCH3 is 1. The molecule has 0 aliphatic carbocycles. The lowest BCUT2D eigenvalue weighted by Crippen LogP contribution is -2.28. The summed E-state index contributed by atoms with van der Waals surface area (Å²) in [7, 11) is 1.67. The quantitative estimate of drug-likeness (QED) is 0.795. The maximum Gasteiger partial charge on any atom is 0.161 e. The lowest BCUT2D eigenvalue weighted by molar-refractivity contribution is 0.302. The molecule has 0 N–H and O–H groups in total. The summed E-state index contributed by atoms with van der Waals surface area (Å²) in [5.74, 6) is 1.54. The molecule has 0 bridgehead atoms. The largest absolute Gasteiger partial charge is 0.493 e. The fraction of sp³-hybridized carbons (Fsp3) is 0.400. The molecule has 5 nitrogen and oxygen atoms in total. The zero-order valence-electron chi connectivity index (χ0n) is 15.3. The second-order valence-electron chi connectivity index (χ2n) is 6.48. The number of rotatable bonds is 5. The van der Waals surface area contributed by atoms with Crippen molar-refractivity contribution in [2.24, 2.45) is 4.99 Å². The molecule has 3 atom stereocenters. The van der Waals surface area contributed by atoms with Gasteiger partial charge in [-0.1, -0.05) is 30.8 Å². The molecule has 2 aliphatic heterocycles. The molecular weight excluding hydrogens is 346 g/mol. The predicted octanol–water partition coefficient (Wildman–Crippen LogP) is 4.08. The first-order chi connectivity index (χ1) is 12.7. The maximum absolute atomic E-state index is 5.80. The molecule has 0 saturated carbocycles. The fourth-order valence-corrected chi connectivity index (χ4v) is 4.72. The highest BCUT2D eigenvalue weighted by molar-refractivity contribution is 8.14. The van der Waals surface area contributed by atoms with E-state index >= 15 is 0 Å². The van der Waals surface area contributed by atoms with Gasteiger partial charge in [0.1, 0.15) is 6.04 Å². The van der Waals surface area contributed by atoms with E-state index in [0.29, 0.717) is 11.9 Å². The lowest BCUT2D eigenvalue weighted by Gasteiger charge is -2.28. The molecular formula is C20H23N3O2S. The normalized spacial score (nSPS) is 24.3. The van der Waals surface area contributed by atoms with Crippen molar-refractivity contribution < 1.29 is 9.47 Å². The highest BCUT2D eigenvalue weighted by Crippen LogP contribution is 2.48. The minimum absolute atomic E-state index is 0.00549. The van der Waals surface area contributed by atoms with E-state index in [-0.39, 0.29) is 12.1 Å². The Morgan fingerprint density at radius 3 is 2.85 bits per heavy atom. The van der Waals surface area contributed by atoms with E-state index in [9.17, 15) is 0 Å². The fourth-order valence-electron chi connectivity index (χ4n) is 3.62. The molecule has 2 aromatic rings. The van der Waals surface area contributed by atoms with Crippen LogP contribution in [0.5, 0.6) is 11.5 Å². The monoisotopic (exact) mass is 369 g/mol. The molecule has 0 radical (unpaired) electrons. The molecule has 1 aromatic carbocycles. The Balaban J connectivity index is 1.76. The first-order valence-electron chi connectivity index (χ1n) is 8.94. The zero-order valence-corrected chi connectivity index (χ0v) is 16.1. The maximum atomic E-state index is 5.80. The van der Waals surface area contributed by atoms with Gasteiger partial charge in [0.25, 0.3) is 0 Å². The van der Waals surface area contributed by atoms with Crippen LogP contribution in [0.2, 0.25) is 0 Å². The van der Waals surface area contributed by atoms with Crippen LogP contribution in [0.1, 0.15) is 37.2 Å². The number of aliphatic imine (C=N–C) groups is 1. The number of fused-ring (bicyclic) bond motifs is 1. The summed E-state index contributed by atoms with van der Waals surface area (Å²) in [6.07, 6.45) is 1.84. The van der Waals surface area contributed by atoms with Crippen molar-refractivity contribution in [2.75, 3.05) is 20.3 Å². The summed E-state index contributed by atoms with van der Waals surface area (Å²) in [5, 5.41) is 1.66. The van der Waals surface area contributed by atoms with Crippen LogP contribution in [0.15, 0.2) is 47.6 Å². The Kier molecular flexibility index (Phi) is 4.76. The summed E-state index contributed by atoms with van der Waals surface area (Å²) in [6, 6.07) is 12.4. The first-order valence-corrected chi connectivity index (χ1v) is 9.82. The first kappa shape index (κ1) is 17.2.